The van der Waals surface area contributed by atoms with Crippen molar-refractivity contribution in [3.05, 3.63) is 40.5 Å². The molecule has 0 bridgehead atoms. The van der Waals surface area contributed by atoms with Crippen molar-refractivity contribution >= 4 is 23.5 Å². The van der Waals surface area contributed by atoms with Crippen LogP contribution < -0.4 is 10.0 Å². The minimum atomic E-state index is -4.96. The molecule has 0 spiro atoms. The first-order chi connectivity index (χ1) is 10.1. The van der Waals surface area contributed by atoms with Gasteiger partial charge in [-0.15, -0.1) is 0 Å². The maximum atomic E-state index is 12.9. The molecule has 1 aliphatic rings. The van der Waals surface area contributed by atoms with Crippen LogP contribution in [0.5, 0.6) is 0 Å². The molecule has 116 valence electrons. The van der Waals surface area contributed by atoms with E-state index >= 15 is 0 Å². The third-order valence-electron chi connectivity index (χ3n) is 3.40. The number of carboxylic acid groups (broad SMARTS) is 1. The quantitative estimate of drug-likeness (QED) is 0.771. The number of hydrogen-bond donors (Lipinski definition) is 0. The van der Waals surface area contributed by atoms with E-state index in [1.807, 2.05) is 0 Å². The molecule has 0 fully saturated rings. The zero-order chi connectivity index (χ0) is 16.8. The van der Waals surface area contributed by atoms with Gasteiger partial charge in [0.25, 0.3) is 11.8 Å². The summed E-state index contributed by atoms with van der Waals surface area (Å²) in [5, 5.41) is 10.8. The van der Waals surface area contributed by atoms with Gasteiger partial charge in [-0.2, -0.15) is 13.2 Å². The van der Waals surface area contributed by atoms with Gasteiger partial charge in [0.05, 0.1) is 17.2 Å². The van der Waals surface area contributed by atoms with Gasteiger partial charge in [-0.1, -0.05) is 6.07 Å². The van der Waals surface area contributed by atoms with E-state index in [9.17, 15) is 32.7 Å². The predicted octanol–water partition coefficient (Wildman–Crippen LogP) is 1.28. The molecule has 0 aliphatic carbocycles. The molecule has 0 saturated carbocycles. The van der Waals surface area contributed by atoms with Crippen LogP contribution in [0.4, 0.5) is 18.9 Å². The maximum Gasteiger partial charge on any atom is 0.417 e. The Bertz CT molecular complexity index is 710. The van der Waals surface area contributed by atoms with Crippen LogP contribution in [0.1, 0.15) is 29.8 Å². The molecular formula is C14H9F3NO4-. The molecule has 0 atom stereocenters. The molecule has 1 aromatic carbocycles. The molecule has 1 heterocycles. The van der Waals surface area contributed by atoms with E-state index in [4.69, 9.17) is 0 Å². The van der Waals surface area contributed by atoms with Crippen LogP contribution >= 0.6 is 0 Å². The molecule has 0 saturated heterocycles. The number of carboxylic acids is 1. The number of halogens is 3. The summed E-state index contributed by atoms with van der Waals surface area (Å²) in [4.78, 5) is 35.2. The third kappa shape index (κ3) is 2.36. The van der Waals surface area contributed by atoms with Gasteiger partial charge >= 0.3 is 6.18 Å². The van der Waals surface area contributed by atoms with E-state index in [1.165, 1.54) is 13.8 Å². The van der Waals surface area contributed by atoms with E-state index in [2.05, 4.69) is 0 Å². The van der Waals surface area contributed by atoms with Crippen LogP contribution in [-0.2, 0) is 15.8 Å². The second-order valence-electron chi connectivity index (χ2n) is 4.71. The molecule has 0 aromatic heterocycles. The van der Waals surface area contributed by atoms with Crippen molar-refractivity contribution in [2.45, 2.75) is 20.0 Å². The molecule has 0 N–H and O–H groups in total. The van der Waals surface area contributed by atoms with E-state index in [1.54, 1.807) is 0 Å². The van der Waals surface area contributed by atoms with Crippen molar-refractivity contribution in [2.24, 2.45) is 0 Å². The number of aromatic carboxylic acids is 1. The first-order valence-corrected chi connectivity index (χ1v) is 6.04. The van der Waals surface area contributed by atoms with Crippen molar-refractivity contribution in [3.8, 4) is 0 Å². The maximum absolute atomic E-state index is 12.9. The van der Waals surface area contributed by atoms with Crippen LogP contribution in [0, 0.1) is 0 Å². The Labute approximate surface area is 122 Å². The molecular weight excluding hydrogens is 303 g/mol. The number of carbonyl (C=O) groups excluding carboxylic acids is 3. The Hall–Kier alpha value is -2.64. The van der Waals surface area contributed by atoms with E-state index < -0.39 is 35.1 Å². The highest BCUT2D eigenvalue weighted by Crippen LogP contribution is 2.36. The van der Waals surface area contributed by atoms with Gasteiger partial charge < -0.3 is 9.90 Å². The van der Waals surface area contributed by atoms with Crippen LogP contribution in [0.2, 0.25) is 0 Å². The second-order valence-corrected chi connectivity index (χ2v) is 4.71. The fourth-order valence-corrected chi connectivity index (χ4v) is 2.07. The standard InChI is InChI=1S/C14H10F3NO4/c1-6-7(2)12(20)18(11(6)19)8-3-4-9(13(21)22)10(5-8)14(15,16)17/h3-5H,1-2H3,(H,21,22)/p-1. The highest BCUT2D eigenvalue weighted by Gasteiger charge is 2.38. The lowest BCUT2D eigenvalue weighted by atomic mass is 10.1. The van der Waals surface area contributed by atoms with E-state index in [0.717, 1.165) is 6.07 Å². The summed E-state index contributed by atoms with van der Waals surface area (Å²) < 4.78 is 38.8. The van der Waals surface area contributed by atoms with Gasteiger partial charge in [0.15, 0.2) is 0 Å². The number of carbonyl (C=O) groups is 3. The van der Waals surface area contributed by atoms with E-state index in [0.29, 0.717) is 17.0 Å². The Morgan fingerprint density at radius 2 is 1.59 bits per heavy atom. The predicted molar refractivity (Wildman–Crippen MR) is 66.6 cm³/mol. The summed E-state index contributed by atoms with van der Waals surface area (Å²) in [5.74, 6) is -3.47. The Morgan fingerprint density at radius 3 is 2.00 bits per heavy atom. The number of hydrogen-bond acceptors (Lipinski definition) is 4. The topological polar surface area (TPSA) is 77.5 Å². The average molecular weight is 312 g/mol. The molecule has 0 unspecified atom stereocenters. The molecule has 8 heteroatoms. The average Bonchev–Trinajstić information content (AvgIpc) is 2.61. The van der Waals surface area contributed by atoms with Crippen molar-refractivity contribution < 1.29 is 32.7 Å². The van der Waals surface area contributed by atoms with Crippen molar-refractivity contribution in [2.75, 3.05) is 4.90 Å². The number of imide groups is 1. The summed E-state index contributed by atoms with van der Waals surface area (Å²) >= 11 is 0. The Balaban J connectivity index is 2.59. The number of amides is 2. The van der Waals surface area contributed by atoms with Gasteiger partial charge in [-0.3, -0.25) is 9.59 Å². The van der Waals surface area contributed by atoms with Crippen molar-refractivity contribution in [1.82, 2.24) is 0 Å². The zero-order valence-electron chi connectivity index (χ0n) is 11.4. The lowest BCUT2D eigenvalue weighted by molar-refractivity contribution is -0.255. The third-order valence-corrected chi connectivity index (χ3v) is 3.40. The van der Waals surface area contributed by atoms with Gasteiger partial charge in [0.2, 0.25) is 0 Å². The molecule has 2 amide bonds. The van der Waals surface area contributed by atoms with E-state index in [-0.39, 0.29) is 16.8 Å². The molecule has 22 heavy (non-hydrogen) atoms. The number of anilines is 1. The van der Waals surface area contributed by atoms with Crippen molar-refractivity contribution in [1.29, 1.82) is 0 Å². The van der Waals surface area contributed by atoms with Crippen LogP contribution in [0.15, 0.2) is 29.3 Å². The summed E-state index contributed by atoms with van der Waals surface area (Å²) in [6, 6.07) is 2.08. The summed E-state index contributed by atoms with van der Waals surface area (Å²) in [5.41, 5.74) is -2.63. The lowest BCUT2D eigenvalue weighted by Crippen LogP contribution is -2.32. The molecule has 1 aliphatic heterocycles. The fraction of sp³-hybridized carbons (Fsp3) is 0.214. The summed E-state index contributed by atoms with van der Waals surface area (Å²) in [7, 11) is 0. The van der Waals surface area contributed by atoms with Gasteiger partial charge in [-0.25, -0.2) is 4.90 Å². The highest BCUT2D eigenvalue weighted by molar-refractivity contribution is 6.32. The Kier molecular flexibility index (Phi) is 3.56. The summed E-state index contributed by atoms with van der Waals surface area (Å²) in [6.45, 7) is 2.77. The minimum absolute atomic E-state index is 0.127. The van der Waals surface area contributed by atoms with Gasteiger partial charge in [0.1, 0.15) is 0 Å². The highest BCUT2D eigenvalue weighted by atomic mass is 19.4. The van der Waals surface area contributed by atoms with Crippen LogP contribution in [0.25, 0.3) is 0 Å². The summed E-state index contributed by atoms with van der Waals surface area (Å²) in [6.07, 6.45) is -4.96. The zero-order valence-corrected chi connectivity index (χ0v) is 11.4. The first kappa shape index (κ1) is 15.7. The largest absolute Gasteiger partial charge is 0.545 e. The lowest BCUT2D eigenvalue weighted by Gasteiger charge is -2.19. The molecule has 5 nitrogen and oxygen atoms in total. The van der Waals surface area contributed by atoms with Crippen molar-refractivity contribution in [3.63, 3.8) is 0 Å². The van der Waals surface area contributed by atoms with Gasteiger partial charge in [-0.05, 0) is 26.0 Å². The number of rotatable bonds is 2. The van der Waals surface area contributed by atoms with Crippen LogP contribution in [-0.4, -0.2) is 17.8 Å². The molecule has 2 rings (SSSR count). The number of benzene rings is 1. The fourth-order valence-electron chi connectivity index (χ4n) is 2.07. The molecule has 0 radical (unpaired) electrons. The number of nitrogens with zero attached hydrogens (tertiary/aromatic N) is 1. The monoisotopic (exact) mass is 312 g/mol. The normalized spacial score (nSPS) is 15.8. The minimum Gasteiger partial charge on any atom is -0.545 e. The second kappa shape index (κ2) is 4.97. The SMILES string of the molecule is CC1=C(C)C(=O)N(c2ccc(C(=O)[O-])c(C(F)(F)F)c2)C1=O. The van der Waals surface area contributed by atoms with Crippen LogP contribution in [0.3, 0.4) is 0 Å². The number of alkyl halides is 3. The Morgan fingerprint density at radius 1 is 1.09 bits per heavy atom. The van der Waals surface area contributed by atoms with Gasteiger partial charge in [0, 0.05) is 16.7 Å². The molecule has 1 aromatic rings. The smallest absolute Gasteiger partial charge is 0.417 e. The first-order valence-electron chi connectivity index (χ1n) is 6.04.